The Morgan fingerprint density at radius 1 is 0.371 bits per heavy atom. The topological polar surface area (TPSA) is 885 Å². The van der Waals surface area contributed by atoms with Crippen LogP contribution in [0.5, 0.6) is 0 Å². The van der Waals surface area contributed by atoms with Crippen molar-refractivity contribution in [3.8, 4) is 0 Å². The number of carboxylic acids is 2. The number of carboxylic acid groups (broad SMARTS) is 2. The van der Waals surface area contributed by atoms with Gasteiger partial charge >= 0.3 is 11.9 Å². The molecule has 8 heterocycles. The average molecular weight is 1820 g/mol. The number of carbonyl (C=O) groups is 6. The Morgan fingerprint density at radius 3 is 1.03 bits per heavy atom. The lowest BCUT2D eigenvalue weighted by molar-refractivity contribution is -0.405. The minimum absolute atomic E-state index is 0.831. The third-order valence-corrected chi connectivity index (χ3v) is 23.1. The summed E-state index contributed by atoms with van der Waals surface area (Å²) in [5.74, 6) is -15.7. The van der Waals surface area contributed by atoms with Gasteiger partial charge in [0.25, 0.3) is 11.6 Å². The van der Waals surface area contributed by atoms with E-state index in [0.29, 0.717) is 0 Å². The van der Waals surface area contributed by atoms with Crippen molar-refractivity contribution in [2.45, 2.75) is 328 Å². The van der Waals surface area contributed by atoms with E-state index >= 15 is 0 Å². The van der Waals surface area contributed by atoms with Crippen LogP contribution in [0, 0.1) is 5.92 Å². The summed E-state index contributed by atoms with van der Waals surface area (Å²) in [7, 11) is 0. The van der Waals surface area contributed by atoms with Crippen LogP contribution >= 0.6 is 0 Å². The van der Waals surface area contributed by atoms with Crippen molar-refractivity contribution in [1.29, 1.82) is 0 Å². The van der Waals surface area contributed by atoms with E-state index in [0.717, 1.165) is 34.6 Å². The number of nitrogens with one attached hydrogen (secondary N) is 4. The SMILES string of the molecule is CC(=O)NC1C(O)[C@H](O[C@@H]2OC(CO[C@]3(C(=O)O)CC(O)[C@@H](NC(C)=O)C([C@H](O)[C@H](O)CO)O3)[C@H](O)C(O)C2O)C(CO)O[C@H]1OC1C(O)[C@H](O)C(CO)O[C@@H]1OC1[C@H](O)C(CO[C@H]2OC(CO)[C@@H](O)C(O)C2O[C@@H]2OC(CO)[C@@H](O[C@@H]3OC(CO[C@]4(C(=O)O)CC(O)[C@@H](NC(C)=O)C([C@H](O)[C@H](O)CO)O4)[C@H](O)C(O)C3O)C(O)C2NC(C)=O)C1(O)[C@H](C)O. The van der Waals surface area contributed by atoms with Crippen molar-refractivity contribution in [3.63, 3.8) is 0 Å². The Bertz CT molecular complexity index is 3490. The summed E-state index contributed by atoms with van der Waals surface area (Å²) in [5, 5.41) is 329. The molecule has 0 spiro atoms. The highest BCUT2D eigenvalue weighted by atomic mass is 16.8. The van der Waals surface area contributed by atoms with Gasteiger partial charge in [-0.25, -0.2) is 9.59 Å². The molecule has 1 aliphatic carbocycles. The molecule has 4 amide bonds. The van der Waals surface area contributed by atoms with Gasteiger partial charge in [-0.2, -0.15) is 0 Å². The maximum atomic E-state index is 13.0. The Balaban J connectivity index is 0.895. The Kier molecular flexibility index (Phi) is 35.6. The van der Waals surface area contributed by atoms with Gasteiger partial charge in [0, 0.05) is 46.5 Å². The molecule has 0 radical (unpaired) electrons. The zero-order valence-corrected chi connectivity index (χ0v) is 66.6. The number of aliphatic hydroxyl groups is 27. The van der Waals surface area contributed by atoms with Crippen LogP contribution in [0.1, 0.15) is 47.5 Å². The Morgan fingerprint density at radius 2 is 0.694 bits per heavy atom. The van der Waals surface area contributed by atoms with Crippen LogP contribution < -0.4 is 21.3 Å². The summed E-state index contributed by atoms with van der Waals surface area (Å²) in [6, 6.07) is -7.31. The van der Waals surface area contributed by atoms with Crippen molar-refractivity contribution in [2.24, 2.45) is 5.92 Å². The monoisotopic (exact) mass is 1810 g/mol. The van der Waals surface area contributed by atoms with E-state index in [2.05, 4.69) is 21.3 Å². The third kappa shape index (κ3) is 21.6. The fraction of sp³-hybridized carbons (Fsp3) is 0.913. The maximum absolute atomic E-state index is 13.0. The smallest absolute Gasteiger partial charge is 0.364 e. The molecule has 9 aliphatic rings. The van der Waals surface area contributed by atoms with Gasteiger partial charge in [-0.1, -0.05) is 0 Å². The van der Waals surface area contributed by atoms with E-state index in [9.17, 15) is 177 Å². The highest BCUT2D eigenvalue weighted by Crippen LogP contribution is 2.48. The van der Waals surface area contributed by atoms with Gasteiger partial charge in [0.05, 0.1) is 96.0 Å². The summed E-state index contributed by atoms with van der Waals surface area (Å²) >= 11 is 0. The van der Waals surface area contributed by atoms with E-state index in [1.54, 1.807) is 0 Å². The molecule has 47 atom stereocenters. The highest BCUT2D eigenvalue weighted by molar-refractivity contribution is 5.78. The number of hydrogen-bond acceptors (Lipinski definition) is 49. The molecular formula is C69H114N4O51. The van der Waals surface area contributed by atoms with Gasteiger partial charge in [-0.05, 0) is 6.92 Å². The van der Waals surface area contributed by atoms with E-state index in [1.165, 1.54) is 0 Å². The lowest BCUT2D eigenvalue weighted by Gasteiger charge is -2.58. The van der Waals surface area contributed by atoms with Crippen LogP contribution in [0.3, 0.4) is 0 Å². The number of amides is 4. The number of carbonyl (C=O) groups excluding carboxylic acids is 4. The molecule has 9 rings (SSSR count). The van der Waals surface area contributed by atoms with Crippen LogP contribution in [0.25, 0.3) is 0 Å². The van der Waals surface area contributed by atoms with E-state index in [1.807, 2.05) is 0 Å². The second kappa shape index (κ2) is 43.0. The van der Waals surface area contributed by atoms with E-state index < -0.39 is 394 Å². The maximum Gasteiger partial charge on any atom is 0.364 e. The van der Waals surface area contributed by atoms with Crippen molar-refractivity contribution in [1.82, 2.24) is 21.3 Å². The fourth-order valence-electron chi connectivity index (χ4n) is 16.2. The van der Waals surface area contributed by atoms with Gasteiger partial charge in [-0.15, -0.1) is 0 Å². The molecule has 33 N–H and O–H groups in total. The minimum atomic E-state index is -3.06. The van der Waals surface area contributed by atoms with Crippen LogP contribution in [-0.2, 0) is 105 Å². The zero-order valence-electron chi connectivity index (χ0n) is 66.6. The second-order valence-electron chi connectivity index (χ2n) is 31.7. The molecule has 25 unspecified atom stereocenters. The molecule has 0 bridgehead atoms. The lowest BCUT2D eigenvalue weighted by Crippen LogP contribution is -2.77. The number of aliphatic carboxylic acids is 2. The fourth-order valence-corrected chi connectivity index (χ4v) is 16.2. The number of aliphatic hydroxyl groups excluding tert-OH is 26. The van der Waals surface area contributed by atoms with Crippen molar-refractivity contribution in [3.05, 3.63) is 0 Å². The molecule has 55 heteroatoms. The average Bonchev–Trinajstić information content (AvgIpc) is 0.715. The zero-order chi connectivity index (χ0) is 92.3. The van der Waals surface area contributed by atoms with Gasteiger partial charge < -0.3 is 245 Å². The Hall–Kier alpha value is -4.90. The predicted molar refractivity (Wildman–Crippen MR) is 381 cm³/mol. The molecule has 1 saturated carbocycles. The largest absolute Gasteiger partial charge is 0.477 e. The van der Waals surface area contributed by atoms with E-state index in [-0.39, 0.29) is 0 Å². The summed E-state index contributed by atoms with van der Waals surface area (Å²) in [6.45, 7) is -5.69. The number of ether oxygens (including phenoxy) is 16. The number of rotatable bonds is 36. The lowest BCUT2D eigenvalue weighted by atomic mass is 9.62. The predicted octanol–water partition coefficient (Wildman–Crippen LogP) is -21.0. The first-order chi connectivity index (χ1) is 58.2. The summed E-state index contributed by atoms with van der Waals surface area (Å²) in [4.78, 5) is 76.0. The van der Waals surface area contributed by atoms with Crippen molar-refractivity contribution >= 4 is 35.6 Å². The molecule has 0 aromatic rings. The van der Waals surface area contributed by atoms with Crippen LogP contribution in [0.15, 0.2) is 0 Å². The highest BCUT2D eigenvalue weighted by Gasteiger charge is 2.68. The molecule has 55 nitrogen and oxygen atoms in total. The van der Waals surface area contributed by atoms with Gasteiger partial charge in [0.2, 0.25) is 23.6 Å². The molecular weight excluding hydrogens is 1700 g/mol. The molecule has 8 aliphatic heterocycles. The van der Waals surface area contributed by atoms with Gasteiger partial charge in [0.15, 0.2) is 37.7 Å². The summed E-state index contributed by atoms with van der Waals surface area (Å²) < 4.78 is 93.2. The first-order valence-corrected chi connectivity index (χ1v) is 39.2. The molecule has 716 valence electrons. The van der Waals surface area contributed by atoms with Crippen LogP contribution in [-0.4, -0.2) is 524 Å². The molecule has 0 aromatic carbocycles. The van der Waals surface area contributed by atoms with E-state index in [4.69, 9.17) is 75.8 Å². The molecule has 0 aromatic heterocycles. The molecule has 124 heavy (non-hydrogen) atoms. The summed E-state index contributed by atoms with van der Waals surface area (Å²) in [5.41, 5.74) is -2.83. The first-order valence-electron chi connectivity index (χ1n) is 39.2. The Labute approximate surface area is 701 Å². The second-order valence-corrected chi connectivity index (χ2v) is 31.7. The first kappa shape index (κ1) is 103. The quantitative estimate of drug-likeness (QED) is 0.0277. The van der Waals surface area contributed by atoms with Gasteiger partial charge in [0.1, 0.15) is 195 Å². The third-order valence-electron chi connectivity index (χ3n) is 23.1. The van der Waals surface area contributed by atoms with Crippen molar-refractivity contribution in [2.75, 3.05) is 59.5 Å². The van der Waals surface area contributed by atoms with Crippen molar-refractivity contribution < 1.29 is 253 Å². The minimum Gasteiger partial charge on any atom is -0.477 e. The number of hydrogen-bond donors (Lipinski definition) is 33. The molecule has 9 fully saturated rings. The van der Waals surface area contributed by atoms with Crippen LogP contribution in [0.4, 0.5) is 0 Å². The normalized spacial score (nSPS) is 46.4. The van der Waals surface area contributed by atoms with Crippen LogP contribution in [0.2, 0.25) is 0 Å². The molecule has 8 saturated heterocycles. The summed E-state index contributed by atoms with van der Waals surface area (Å²) in [6.07, 6.45) is -86.0. The standard InChI is InChI=1S/C69H114N4O51/c1-17(80)69(108)22(14-109-63-56(48(100)40(92)27(10-76)112-63)120-59-35(72-20(4)83)44(96)52(29(12-78)114-59)118-61-50(102)46(98)42(94)31(116-61)15-110-67(65(104)105)6-23(85)33(70-18(2)81)54(123-67)38(90)25(87)8-74)37(89)58(69)122-64-57(49(101)41(93)28(11-77)113-64)121-60-36(73-21(5)84)45(97)53(30(13-79)115-60)119-62-51(103)47(99)43(95)32(117-62)16-111-68(66(106)107)7-24(86)34(71-19(3)82)55(124-68)39(91)26(88)9-75/h17,22-64,74-80,85-103,108H,6-16H2,1-5H3,(H,70,81)(H,71,82)(H,72,83)(H,73,84)(H,104,105)(H,106,107)/t17-,22?,23?,24?,25+,26+,27?,28?,29?,30?,31?,32?,33+,34+,35?,36?,37+,38+,39+,40+,41+,42-,43-,44?,45?,46?,47?,48?,49?,50?,51?,52+,53+,54?,55?,56?,57?,58?,59-,60-,61-,62-,63-,64+,67+,68+,69?/m0/s1. The van der Waals surface area contributed by atoms with Gasteiger partial charge in [-0.3, -0.25) is 19.2 Å².